The number of hydrogen-bond donors (Lipinski definition) is 1. The van der Waals surface area contributed by atoms with Crippen molar-refractivity contribution in [3.63, 3.8) is 0 Å². The van der Waals surface area contributed by atoms with E-state index in [0.717, 1.165) is 0 Å². The third kappa shape index (κ3) is 2.69. The highest BCUT2D eigenvalue weighted by atomic mass is 16.5. The Bertz CT molecular complexity index is 809. The minimum atomic E-state index is 0.000482. The van der Waals surface area contributed by atoms with Crippen molar-refractivity contribution in [1.29, 1.82) is 5.26 Å². The maximum atomic E-state index is 9.38. The first-order valence-electron chi connectivity index (χ1n) is 6.38. The lowest BCUT2D eigenvalue weighted by atomic mass is 10.3. The summed E-state index contributed by atoms with van der Waals surface area (Å²) in [6, 6.07) is 9.21. The smallest absolute Gasteiger partial charge is 0.239 e. The Kier molecular flexibility index (Phi) is 3.61. The average Bonchev–Trinajstić information content (AvgIpc) is 3.07. The Morgan fingerprint density at radius 2 is 2.14 bits per heavy atom. The van der Waals surface area contributed by atoms with Gasteiger partial charge in [-0.15, -0.1) is 0 Å². The lowest BCUT2D eigenvalue weighted by Gasteiger charge is -2.10. The van der Waals surface area contributed by atoms with E-state index in [0.29, 0.717) is 5.69 Å². The number of hydrogen-bond acceptors (Lipinski definition) is 7. The van der Waals surface area contributed by atoms with E-state index in [9.17, 15) is 5.26 Å². The summed E-state index contributed by atoms with van der Waals surface area (Å²) in [5.41, 5.74) is 6.56. The van der Waals surface area contributed by atoms with Crippen molar-refractivity contribution in [3.05, 3.63) is 54.1 Å². The molecule has 0 atom stereocenters. The number of nitrogens with two attached hydrogens (primary N) is 1. The van der Waals surface area contributed by atoms with Crippen LogP contribution in [0.1, 0.15) is 11.3 Å². The van der Waals surface area contributed by atoms with Crippen LogP contribution in [0, 0.1) is 11.3 Å². The third-order valence-electron chi connectivity index (χ3n) is 2.79. The summed E-state index contributed by atoms with van der Waals surface area (Å²) in [6.07, 6.45) is 4.90. The van der Waals surface area contributed by atoms with E-state index in [4.69, 9.17) is 10.5 Å². The van der Waals surface area contributed by atoms with E-state index in [-0.39, 0.29) is 29.8 Å². The van der Waals surface area contributed by atoms with Gasteiger partial charge in [0.25, 0.3) is 0 Å². The molecule has 0 bridgehead atoms. The fourth-order valence-corrected chi connectivity index (χ4v) is 1.83. The molecule has 0 saturated carbocycles. The van der Waals surface area contributed by atoms with Gasteiger partial charge in [-0.2, -0.15) is 20.3 Å². The molecule has 0 aliphatic heterocycles. The van der Waals surface area contributed by atoms with E-state index in [1.54, 1.807) is 24.7 Å². The summed E-state index contributed by atoms with van der Waals surface area (Å²) in [7, 11) is 0. The number of nitrogens with zero attached hydrogens (tertiary/aromatic N) is 6. The third-order valence-corrected chi connectivity index (χ3v) is 2.79. The quantitative estimate of drug-likeness (QED) is 0.765. The van der Waals surface area contributed by atoms with Crippen molar-refractivity contribution in [2.45, 2.75) is 6.61 Å². The lowest BCUT2D eigenvalue weighted by Crippen LogP contribution is -2.10. The van der Waals surface area contributed by atoms with Crippen molar-refractivity contribution >= 4 is 5.95 Å². The molecule has 3 aromatic heterocycles. The summed E-state index contributed by atoms with van der Waals surface area (Å²) >= 11 is 0. The van der Waals surface area contributed by atoms with E-state index >= 15 is 0 Å². The highest BCUT2D eigenvalue weighted by Gasteiger charge is 2.17. The maximum Gasteiger partial charge on any atom is 0.239 e. The van der Waals surface area contributed by atoms with Gasteiger partial charge in [0.2, 0.25) is 11.8 Å². The first-order valence-corrected chi connectivity index (χ1v) is 6.38. The van der Waals surface area contributed by atoms with Gasteiger partial charge in [-0.25, -0.2) is 4.68 Å². The fourth-order valence-electron chi connectivity index (χ4n) is 1.83. The van der Waals surface area contributed by atoms with Crippen LogP contribution in [0.5, 0.6) is 5.88 Å². The molecule has 0 saturated heterocycles. The molecule has 8 nitrogen and oxygen atoms in total. The molecule has 0 radical (unpaired) electrons. The van der Waals surface area contributed by atoms with Crippen molar-refractivity contribution in [2.75, 3.05) is 5.73 Å². The van der Waals surface area contributed by atoms with Gasteiger partial charge in [0.05, 0.1) is 5.69 Å². The van der Waals surface area contributed by atoms with Crippen LogP contribution < -0.4 is 10.5 Å². The summed E-state index contributed by atoms with van der Waals surface area (Å²) in [5.74, 6) is 0.377. The predicted octanol–water partition coefficient (Wildman–Crippen LogP) is 1.09. The predicted molar refractivity (Wildman–Crippen MR) is 76.9 cm³/mol. The Hall–Kier alpha value is -3.47. The fraction of sp³-hybridized carbons (Fsp3) is 0.0714. The zero-order chi connectivity index (χ0) is 15.4. The SMILES string of the molecule is N#Cc1c(OCc2ccccn2)nc(N)nc1-n1cccn1. The molecule has 0 aliphatic rings. The van der Waals surface area contributed by atoms with Crippen molar-refractivity contribution < 1.29 is 4.74 Å². The van der Waals surface area contributed by atoms with Gasteiger partial charge < -0.3 is 10.5 Å². The standard InChI is InChI=1S/C14H11N7O/c15-8-11-12(21-7-3-6-18-21)19-14(16)20-13(11)22-9-10-4-1-2-5-17-10/h1-7H,9H2,(H2,16,19,20). The molecular weight excluding hydrogens is 282 g/mol. The summed E-state index contributed by atoms with van der Waals surface area (Å²) in [6.45, 7) is 0.171. The Balaban J connectivity index is 1.96. The average molecular weight is 293 g/mol. The van der Waals surface area contributed by atoms with Crippen LogP contribution in [-0.2, 0) is 6.61 Å². The van der Waals surface area contributed by atoms with Crippen LogP contribution in [-0.4, -0.2) is 24.7 Å². The van der Waals surface area contributed by atoms with Crippen LogP contribution in [0.25, 0.3) is 5.82 Å². The Labute approximate surface area is 125 Å². The summed E-state index contributed by atoms with van der Waals surface area (Å²) in [5, 5.41) is 13.4. The lowest BCUT2D eigenvalue weighted by molar-refractivity contribution is 0.288. The van der Waals surface area contributed by atoms with Gasteiger partial charge in [0, 0.05) is 18.6 Å². The molecule has 0 amide bonds. The molecule has 0 unspecified atom stereocenters. The summed E-state index contributed by atoms with van der Waals surface area (Å²) in [4.78, 5) is 12.2. The molecule has 108 valence electrons. The molecule has 3 heterocycles. The van der Waals surface area contributed by atoms with Gasteiger partial charge >= 0.3 is 0 Å². The van der Waals surface area contributed by atoms with E-state index < -0.39 is 0 Å². The molecule has 3 aromatic rings. The largest absolute Gasteiger partial charge is 0.470 e. The molecule has 0 aliphatic carbocycles. The second-order valence-corrected chi connectivity index (χ2v) is 4.26. The van der Waals surface area contributed by atoms with Crippen LogP contribution in [0.4, 0.5) is 5.95 Å². The molecule has 22 heavy (non-hydrogen) atoms. The molecule has 3 rings (SSSR count). The van der Waals surface area contributed by atoms with Crippen LogP contribution in [0.3, 0.4) is 0 Å². The highest BCUT2D eigenvalue weighted by Crippen LogP contribution is 2.22. The van der Waals surface area contributed by atoms with Crippen LogP contribution in [0.15, 0.2) is 42.9 Å². The molecule has 0 fully saturated rings. The number of rotatable bonds is 4. The first-order chi connectivity index (χ1) is 10.8. The second-order valence-electron chi connectivity index (χ2n) is 4.26. The monoisotopic (exact) mass is 293 g/mol. The van der Waals surface area contributed by atoms with Crippen molar-refractivity contribution in [1.82, 2.24) is 24.7 Å². The normalized spacial score (nSPS) is 10.1. The van der Waals surface area contributed by atoms with Gasteiger partial charge in [0.15, 0.2) is 11.4 Å². The zero-order valence-electron chi connectivity index (χ0n) is 11.4. The number of nitrogen functional groups attached to an aromatic ring is 1. The van der Waals surface area contributed by atoms with Crippen LogP contribution in [0.2, 0.25) is 0 Å². The van der Waals surface area contributed by atoms with Gasteiger partial charge in [-0.1, -0.05) is 6.07 Å². The molecule has 0 aromatic carbocycles. The van der Waals surface area contributed by atoms with E-state index in [1.807, 2.05) is 24.3 Å². The van der Waals surface area contributed by atoms with Gasteiger partial charge in [-0.3, -0.25) is 4.98 Å². The number of aromatic nitrogens is 5. The van der Waals surface area contributed by atoms with Gasteiger partial charge in [0.1, 0.15) is 12.7 Å². The van der Waals surface area contributed by atoms with Gasteiger partial charge in [-0.05, 0) is 18.2 Å². The second kappa shape index (κ2) is 5.88. The first kappa shape index (κ1) is 13.5. The maximum absolute atomic E-state index is 9.38. The molecular formula is C14H11N7O. The minimum Gasteiger partial charge on any atom is -0.470 e. The van der Waals surface area contributed by atoms with E-state index in [1.165, 1.54) is 4.68 Å². The minimum absolute atomic E-state index is 0.000482. The molecule has 8 heteroatoms. The van der Waals surface area contributed by atoms with Crippen LogP contribution >= 0.6 is 0 Å². The number of nitriles is 1. The molecule has 2 N–H and O–H groups in total. The van der Waals surface area contributed by atoms with Crippen molar-refractivity contribution in [3.8, 4) is 17.8 Å². The number of ether oxygens (including phenoxy) is 1. The number of pyridine rings is 1. The topological polar surface area (TPSA) is 116 Å². The zero-order valence-corrected chi connectivity index (χ0v) is 11.4. The van der Waals surface area contributed by atoms with E-state index in [2.05, 4.69) is 20.1 Å². The Morgan fingerprint density at radius 1 is 1.23 bits per heavy atom. The Morgan fingerprint density at radius 3 is 2.82 bits per heavy atom. The highest BCUT2D eigenvalue weighted by molar-refractivity contribution is 5.52. The molecule has 0 spiro atoms. The summed E-state index contributed by atoms with van der Waals surface area (Å²) < 4.78 is 7.01. The van der Waals surface area contributed by atoms with Crippen molar-refractivity contribution in [2.24, 2.45) is 0 Å². The number of anilines is 1.